The lowest BCUT2D eigenvalue weighted by atomic mass is 10.3. The summed E-state index contributed by atoms with van der Waals surface area (Å²) >= 11 is 5.76. The van der Waals surface area contributed by atoms with Crippen molar-refractivity contribution in [3.05, 3.63) is 29.0 Å². The number of nitrogens with one attached hydrogen (secondary N) is 1. The summed E-state index contributed by atoms with van der Waals surface area (Å²) in [6, 6.07) is 4.36. The van der Waals surface area contributed by atoms with Gasteiger partial charge in [0.1, 0.15) is 5.82 Å². The minimum absolute atomic E-state index is 0.225. The Morgan fingerprint density at radius 3 is 2.44 bits per heavy atom. The SMILES string of the molecule is CCOC(CCNc1cc(F)cc(Cl)c1)OCC. The highest BCUT2D eigenvalue weighted by Crippen LogP contribution is 2.18. The maximum Gasteiger partial charge on any atom is 0.159 e. The Hall–Kier alpha value is -0.840. The molecule has 0 aromatic heterocycles. The first-order chi connectivity index (χ1) is 8.65. The Bertz CT molecular complexity index is 337. The van der Waals surface area contributed by atoms with Crippen molar-refractivity contribution in [2.45, 2.75) is 26.6 Å². The second-order valence-electron chi connectivity index (χ2n) is 3.71. The molecule has 1 aromatic rings. The molecular formula is C13H19ClFNO2. The zero-order valence-electron chi connectivity index (χ0n) is 10.7. The van der Waals surface area contributed by atoms with E-state index in [-0.39, 0.29) is 12.1 Å². The van der Waals surface area contributed by atoms with Crippen LogP contribution in [0.4, 0.5) is 10.1 Å². The summed E-state index contributed by atoms with van der Waals surface area (Å²) in [6.07, 6.45) is 0.465. The van der Waals surface area contributed by atoms with Crippen molar-refractivity contribution in [2.75, 3.05) is 25.1 Å². The molecule has 0 fully saturated rings. The van der Waals surface area contributed by atoms with E-state index in [9.17, 15) is 4.39 Å². The third kappa shape index (κ3) is 5.67. The second kappa shape index (κ2) is 8.29. The molecule has 1 aromatic carbocycles. The fourth-order valence-corrected chi connectivity index (χ4v) is 1.80. The van der Waals surface area contributed by atoms with E-state index in [0.717, 1.165) is 0 Å². The average molecular weight is 276 g/mol. The van der Waals surface area contributed by atoms with Gasteiger partial charge in [0.25, 0.3) is 0 Å². The maximum atomic E-state index is 13.1. The van der Waals surface area contributed by atoms with Crippen LogP contribution >= 0.6 is 11.6 Å². The quantitative estimate of drug-likeness (QED) is 0.734. The molecule has 0 saturated carbocycles. The van der Waals surface area contributed by atoms with Crippen LogP contribution in [0.2, 0.25) is 5.02 Å². The Morgan fingerprint density at radius 1 is 1.22 bits per heavy atom. The van der Waals surface area contributed by atoms with Crippen molar-refractivity contribution in [1.29, 1.82) is 0 Å². The number of halogens is 2. The van der Waals surface area contributed by atoms with Gasteiger partial charge in [-0.25, -0.2) is 4.39 Å². The molecule has 0 saturated heterocycles. The number of anilines is 1. The third-order valence-corrected chi connectivity index (χ3v) is 2.50. The van der Waals surface area contributed by atoms with E-state index >= 15 is 0 Å². The van der Waals surface area contributed by atoms with Crippen molar-refractivity contribution in [1.82, 2.24) is 0 Å². The highest BCUT2D eigenvalue weighted by atomic mass is 35.5. The molecule has 0 aliphatic carbocycles. The summed E-state index contributed by atoms with van der Waals surface area (Å²) in [6.45, 7) is 5.69. The van der Waals surface area contributed by atoms with Gasteiger partial charge in [0, 0.05) is 36.9 Å². The van der Waals surface area contributed by atoms with Gasteiger partial charge in [-0.1, -0.05) is 11.6 Å². The molecule has 0 amide bonds. The molecule has 0 atom stereocenters. The predicted molar refractivity (Wildman–Crippen MR) is 71.6 cm³/mol. The van der Waals surface area contributed by atoms with Crippen molar-refractivity contribution in [2.24, 2.45) is 0 Å². The minimum atomic E-state index is -0.351. The summed E-state index contributed by atoms with van der Waals surface area (Å²) in [7, 11) is 0. The molecule has 1 N–H and O–H groups in total. The first kappa shape index (κ1) is 15.2. The fourth-order valence-electron chi connectivity index (χ4n) is 1.58. The zero-order valence-corrected chi connectivity index (χ0v) is 11.5. The van der Waals surface area contributed by atoms with Gasteiger partial charge in [-0.3, -0.25) is 0 Å². The molecule has 102 valence electrons. The van der Waals surface area contributed by atoms with Crippen LogP contribution in [-0.4, -0.2) is 26.0 Å². The fraction of sp³-hybridized carbons (Fsp3) is 0.538. The third-order valence-electron chi connectivity index (χ3n) is 2.28. The van der Waals surface area contributed by atoms with E-state index < -0.39 is 0 Å². The molecule has 0 spiro atoms. The Balaban J connectivity index is 2.39. The second-order valence-corrected chi connectivity index (χ2v) is 4.15. The summed E-state index contributed by atoms with van der Waals surface area (Å²) in [5.74, 6) is -0.351. The van der Waals surface area contributed by atoms with Crippen LogP contribution in [-0.2, 0) is 9.47 Å². The molecule has 3 nitrogen and oxygen atoms in total. The van der Waals surface area contributed by atoms with Gasteiger partial charge in [-0.05, 0) is 32.0 Å². The van der Waals surface area contributed by atoms with Crippen LogP contribution in [0.25, 0.3) is 0 Å². The van der Waals surface area contributed by atoms with Gasteiger partial charge >= 0.3 is 0 Å². The molecule has 0 unspecified atom stereocenters. The molecule has 5 heteroatoms. The minimum Gasteiger partial charge on any atom is -0.385 e. The van der Waals surface area contributed by atoms with Crippen molar-refractivity contribution in [3.8, 4) is 0 Å². The van der Waals surface area contributed by atoms with Gasteiger partial charge < -0.3 is 14.8 Å². The van der Waals surface area contributed by atoms with Gasteiger partial charge in [0.15, 0.2) is 6.29 Å². The average Bonchev–Trinajstić information content (AvgIpc) is 2.28. The number of benzene rings is 1. The molecule has 0 heterocycles. The monoisotopic (exact) mass is 275 g/mol. The van der Waals surface area contributed by atoms with Gasteiger partial charge in [-0.15, -0.1) is 0 Å². The van der Waals surface area contributed by atoms with Gasteiger partial charge in [0.05, 0.1) is 0 Å². The number of hydrogen-bond acceptors (Lipinski definition) is 3. The van der Waals surface area contributed by atoms with Crippen LogP contribution in [0.3, 0.4) is 0 Å². The first-order valence-corrected chi connectivity index (χ1v) is 6.46. The van der Waals surface area contributed by atoms with E-state index in [1.54, 1.807) is 6.07 Å². The van der Waals surface area contributed by atoms with Crippen LogP contribution < -0.4 is 5.32 Å². The summed E-state index contributed by atoms with van der Waals surface area (Å²) < 4.78 is 23.9. The van der Waals surface area contributed by atoms with Crippen molar-refractivity contribution >= 4 is 17.3 Å². The molecule has 0 bridgehead atoms. The number of rotatable bonds is 8. The maximum absolute atomic E-state index is 13.1. The lowest BCUT2D eigenvalue weighted by Gasteiger charge is -2.17. The largest absolute Gasteiger partial charge is 0.385 e. The van der Waals surface area contributed by atoms with E-state index in [0.29, 0.717) is 36.9 Å². The van der Waals surface area contributed by atoms with Crippen LogP contribution in [0.5, 0.6) is 0 Å². The smallest absolute Gasteiger partial charge is 0.159 e. The number of ether oxygens (including phenoxy) is 2. The van der Waals surface area contributed by atoms with E-state index in [2.05, 4.69) is 5.32 Å². The standard InChI is InChI=1S/C13H19ClFNO2/c1-3-17-13(18-4-2)5-6-16-12-8-10(14)7-11(15)9-12/h7-9,13,16H,3-6H2,1-2H3. The van der Waals surface area contributed by atoms with Crippen molar-refractivity contribution < 1.29 is 13.9 Å². The van der Waals surface area contributed by atoms with Crippen LogP contribution in [0.15, 0.2) is 18.2 Å². The summed E-state index contributed by atoms with van der Waals surface area (Å²) in [4.78, 5) is 0. The lowest BCUT2D eigenvalue weighted by Crippen LogP contribution is -2.21. The first-order valence-electron chi connectivity index (χ1n) is 6.08. The zero-order chi connectivity index (χ0) is 13.4. The van der Waals surface area contributed by atoms with E-state index in [4.69, 9.17) is 21.1 Å². The Labute approximate surface area is 112 Å². The summed E-state index contributed by atoms with van der Waals surface area (Å²) in [5, 5.41) is 3.47. The molecule has 0 aliphatic heterocycles. The lowest BCUT2D eigenvalue weighted by molar-refractivity contribution is -0.137. The highest BCUT2D eigenvalue weighted by Gasteiger charge is 2.07. The van der Waals surface area contributed by atoms with Gasteiger partial charge in [0.2, 0.25) is 0 Å². The molecular weight excluding hydrogens is 257 g/mol. The molecule has 18 heavy (non-hydrogen) atoms. The molecule has 1 rings (SSSR count). The topological polar surface area (TPSA) is 30.5 Å². The van der Waals surface area contributed by atoms with Crippen LogP contribution in [0, 0.1) is 5.82 Å². The van der Waals surface area contributed by atoms with E-state index in [1.165, 1.54) is 12.1 Å². The van der Waals surface area contributed by atoms with Gasteiger partial charge in [-0.2, -0.15) is 0 Å². The Morgan fingerprint density at radius 2 is 1.89 bits per heavy atom. The molecule has 0 aliphatic rings. The summed E-state index contributed by atoms with van der Waals surface area (Å²) in [5.41, 5.74) is 0.659. The van der Waals surface area contributed by atoms with Crippen molar-refractivity contribution in [3.63, 3.8) is 0 Å². The number of hydrogen-bond donors (Lipinski definition) is 1. The Kier molecular flexibility index (Phi) is 7.01. The highest BCUT2D eigenvalue weighted by molar-refractivity contribution is 6.30. The molecule has 0 radical (unpaired) electrons. The predicted octanol–water partition coefficient (Wildman–Crippen LogP) is 3.68. The van der Waals surface area contributed by atoms with E-state index in [1.807, 2.05) is 13.8 Å². The normalized spacial score (nSPS) is 10.9. The van der Waals surface area contributed by atoms with Crippen LogP contribution in [0.1, 0.15) is 20.3 Å².